The Morgan fingerprint density at radius 2 is 2.25 bits per heavy atom. The lowest BCUT2D eigenvalue weighted by atomic mass is 10.1. The summed E-state index contributed by atoms with van der Waals surface area (Å²) in [5, 5.41) is 20.8. The number of halogens is 1. The van der Waals surface area contributed by atoms with Crippen molar-refractivity contribution in [3.8, 4) is 5.75 Å². The van der Waals surface area contributed by atoms with Crippen molar-refractivity contribution < 1.29 is 15.0 Å². The molecule has 0 fully saturated rings. The average Bonchev–Trinajstić information content (AvgIpc) is 2.29. The predicted octanol–water partition coefficient (Wildman–Crippen LogP) is 1.40. The Bertz CT molecular complexity index is 381. The molecule has 0 aliphatic heterocycles. The molecule has 3 N–H and O–H groups in total. The van der Waals surface area contributed by atoms with E-state index in [0.29, 0.717) is 12.1 Å². The molecule has 0 bridgehead atoms. The van der Waals surface area contributed by atoms with Crippen molar-refractivity contribution >= 4 is 17.5 Å². The van der Waals surface area contributed by atoms with E-state index in [4.69, 9.17) is 16.7 Å². The Kier molecular flexibility index (Phi) is 4.58. The molecule has 0 saturated heterocycles. The van der Waals surface area contributed by atoms with Crippen LogP contribution in [0.1, 0.15) is 17.3 Å². The SMILES string of the molecule is CC(CO)CNC(=O)c1ccc(O)c(Cl)c1. The van der Waals surface area contributed by atoms with E-state index in [1.165, 1.54) is 18.2 Å². The quantitative estimate of drug-likeness (QED) is 0.749. The van der Waals surface area contributed by atoms with Crippen LogP contribution in [0.3, 0.4) is 0 Å². The summed E-state index contributed by atoms with van der Waals surface area (Å²) in [7, 11) is 0. The molecule has 5 heteroatoms. The number of benzene rings is 1. The number of hydrogen-bond donors (Lipinski definition) is 3. The van der Waals surface area contributed by atoms with E-state index in [9.17, 15) is 9.90 Å². The maximum absolute atomic E-state index is 11.6. The number of carbonyl (C=O) groups excluding carboxylic acids is 1. The van der Waals surface area contributed by atoms with Gasteiger partial charge in [0.2, 0.25) is 0 Å². The maximum Gasteiger partial charge on any atom is 0.251 e. The summed E-state index contributed by atoms with van der Waals surface area (Å²) in [6.45, 7) is 2.24. The Morgan fingerprint density at radius 1 is 1.56 bits per heavy atom. The van der Waals surface area contributed by atoms with Crippen molar-refractivity contribution in [2.45, 2.75) is 6.92 Å². The van der Waals surface area contributed by atoms with Gasteiger partial charge in [0.05, 0.1) is 5.02 Å². The standard InChI is InChI=1S/C11H14ClNO3/c1-7(6-14)5-13-11(16)8-2-3-10(15)9(12)4-8/h2-4,7,14-15H,5-6H2,1H3,(H,13,16). The molecule has 0 aliphatic rings. The van der Waals surface area contributed by atoms with Gasteiger partial charge in [-0.05, 0) is 24.1 Å². The van der Waals surface area contributed by atoms with Crippen LogP contribution < -0.4 is 5.32 Å². The predicted molar refractivity (Wildman–Crippen MR) is 61.7 cm³/mol. The number of carbonyl (C=O) groups is 1. The lowest BCUT2D eigenvalue weighted by Crippen LogP contribution is -2.29. The molecule has 0 spiro atoms. The molecular weight excluding hydrogens is 230 g/mol. The molecule has 1 aromatic carbocycles. The lowest BCUT2D eigenvalue weighted by molar-refractivity contribution is 0.0942. The highest BCUT2D eigenvalue weighted by molar-refractivity contribution is 6.32. The van der Waals surface area contributed by atoms with E-state index in [1.54, 1.807) is 0 Å². The first-order valence-corrected chi connectivity index (χ1v) is 5.30. The zero-order chi connectivity index (χ0) is 12.1. The van der Waals surface area contributed by atoms with Crippen molar-refractivity contribution in [1.82, 2.24) is 5.32 Å². The van der Waals surface area contributed by atoms with Gasteiger partial charge in [0.1, 0.15) is 5.75 Å². The van der Waals surface area contributed by atoms with Crippen LogP contribution in [0.25, 0.3) is 0 Å². The molecule has 0 radical (unpaired) electrons. The van der Waals surface area contributed by atoms with Gasteiger partial charge < -0.3 is 15.5 Å². The van der Waals surface area contributed by atoms with Crippen LogP contribution in [-0.4, -0.2) is 29.3 Å². The minimum absolute atomic E-state index is 0.0107. The fourth-order valence-corrected chi connectivity index (χ4v) is 1.26. The van der Waals surface area contributed by atoms with Gasteiger partial charge in [-0.2, -0.15) is 0 Å². The minimum Gasteiger partial charge on any atom is -0.506 e. The topological polar surface area (TPSA) is 69.6 Å². The first-order valence-electron chi connectivity index (χ1n) is 4.92. The fraction of sp³-hybridized carbons (Fsp3) is 0.364. The highest BCUT2D eigenvalue weighted by Gasteiger charge is 2.09. The number of hydrogen-bond acceptors (Lipinski definition) is 3. The third kappa shape index (κ3) is 3.40. The molecular formula is C11H14ClNO3. The smallest absolute Gasteiger partial charge is 0.251 e. The van der Waals surface area contributed by atoms with E-state index >= 15 is 0 Å². The van der Waals surface area contributed by atoms with Crippen LogP contribution >= 0.6 is 11.6 Å². The zero-order valence-corrected chi connectivity index (χ0v) is 9.66. The van der Waals surface area contributed by atoms with Gasteiger partial charge in [-0.1, -0.05) is 18.5 Å². The molecule has 0 aliphatic carbocycles. The highest BCUT2D eigenvalue weighted by Crippen LogP contribution is 2.23. The van der Waals surface area contributed by atoms with Crippen LogP contribution in [0.4, 0.5) is 0 Å². The molecule has 1 rings (SSSR count). The first-order chi connectivity index (χ1) is 7.54. The fourth-order valence-electron chi connectivity index (χ4n) is 1.08. The van der Waals surface area contributed by atoms with E-state index in [-0.39, 0.29) is 29.2 Å². The molecule has 4 nitrogen and oxygen atoms in total. The van der Waals surface area contributed by atoms with Gasteiger partial charge in [0.15, 0.2) is 0 Å². The highest BCUT2D eigenvalue weighted by atomic mass is 35.5. The summed E-state index contributed by atoms with van der Waals surface area (Å²) >= 11 is 5.68. The third-order valence-corrected chi connectivity index (χ3v) is 2.44. The average molecular weight is 244 g/mol. The number of phenols is 1. The Morgan fingerprint density at radius 3 is 2.81 bits per heavy atom. The number of rotatable bonds is 4. The summed E-state index contributed by atoms with van der Waals surface area (Å²) in [5.74, 6) is -0.319. The number of aliphatic hydroxyl groups is 1. The van der Waals surface area contributed by atoms with E-state index in [0.717, 1.165) is 0 Å². The summed E-state index contributed by atoms with van der Waals surface area (Å²) < 4.78 is 0. The normalized spacial score (nSPS) is 12.2. The lowest BCUT2D eigenvalue weighted by Gasteiger charge is -2.09. The van der Waals surface area contributed by atoms with Gasteiger partial charge in [-0.3, -0.25) is 4.79 Å². The van der Waals surface area contributed by atoms with Crippen molar-refractivity contribution in [3.05, 3.63) is 28.8 Å². The Balaban J connectivity index is 2.63. The molecule has 0 saturated carbocycles. The number of aliphatic hydroxyl groups excluding tert-OH is 1. The Labute approximate surface area is 98.9 Å². The largest absolute Gasteiger partial charge is 0.506 e. The molecule has 0 aromatic heterocycles. The van der Waals surface area contributed by atoms with Crippen molar-refractivity contribution in [3.63, 3.8) is 0 Å². The molecule has 1 aromatic rings. The van der Waals surface area contributed by atoms with E-state index in [1.807, 2.05) is 6.92 Å². The van der Waals surface area contributed by atoms with Gasteiger partial charge in [-0.15, -0.1) is 0 Å². The van der Waals surface area contributed by atoms with Crippen molar-refractivity contribution in [1.29, 1.82) is 0 Å². The van der Waals surface area contributed by atoms with E-state index in [2.05, 4.69) is 5.32 Å². The maximum atomic E-state index is 11.6. The second-order valence-electron chi connectivity index (χ2n) is 3.66. The van der Waals surface area contributed by atoms with E-state index < -0.39 is 0 Å². The zero-order valence-electron chi connectivity index (χ0n) is 8.90. The van der Waals surface area contributed by atoms with Crippen LogP contribution in [0.15, 0.2) is 18.2 Å². The van der Waals surface area contributed by atoms with Crippen LogP contribution in [0.2, 0.25) is 5.02 Å². The van der Waals surface area contributed by atoms with Gasteiger partial charge >= 0.3 is 0 Å². The molecule has 1 amide bonds. The second-order valence-corrected chi connectivity index (χ2v) is 4.07. The first kappa shape index (κ1) is 12.8. The summed E-state index contributed by atoms with van der Waals surface area (Å²) in [5.41, 5.74) is 0.382. The van der Waals surface area contributed by atoms with Crippen molar-refractivity contribution in [2.75, 3.05) is 13.2 Å². The van der Waals surface area contributed by atoms with Gasteiger partial charge in [0, 0.05) is 18.7 Å². The molecule has 1 unspecified atom stereocenters. The van der Waals surface area contributed by atoms with Crippen LogP contribution in [-0.2, 0) is 0 Å². The molecule has 1 atom stereocenters. The molecule has 16 heavy (non-hydrogen) atoms. The monoisotopic (exact) mass is 243 g/mol. The summed E-state index contributed by atoms with van der Waals surface area (Å²) in [6.07, 6.45) is 0. The number of nitrogens with one attached hydrogen (secondary N) is 1. The molecule has 88 valence electrons. The second kappa shape index (κ2) is 5.72. The minimum atomic E-state index is -0.276. The summed E-state index contributed by atoms with van der Waals surface area (Å²) in [6, 6.07) is 4.25. The number of amides is 1. The van der Waals surface area contributed by atoms with Crippen LogP contribution in [0.5, 0.6) is 5.75 Å². The van der Waals surface area contributed by atoms with Crippen LogP contribution in [0, 0.1) is 5.92 Å². The Hall–Kier alpha value is -1.26. The van der Waals surface area contributed by atoms with Crippen molar-refractivity contribution in [2.24, 2.45) is 5.92 Å². The number of phenolic OH excluding ortho intramolecular Hbond substituents is 1. The van der Waals surface area contributed by atoms with Gasteiger partial charge in [-0.25, -0.2) is 0 Å². The summed E-state index contributed by atoms with van der Waals surface area (Å²) in [4.78, 5) is 11.6. The third-order valence-electron chi connectivity index (χ3n) is 2.13. The number of aromatic hydroxyl groups is 1. The van der Waals surface area contributed by atoms with Gasteiger partial charge in [0.25, 0.3) is 5.91 Å². The molecule has 0 heterocycles.